The van der Waals surface area contributed by atoms with Crippen molar-refractivity contribution in [1.82, 2.24) is 0 Å². The van der Waals surface area contributed by atoms with Crippen LogP contribution in [0.15, 0.2) is 35.5 Å². The molecular weight excluding hydrogens is 302 g/mol. The van der Waals surface area contributed by atoms with E-state index in [4.69, 9.17) is 40.5 Å². The minimum atomic E-state index is -1.16. The van der Waals surface area contributed by atoms with Gasteiger partial charge in [-0.25, -0.2) is 4.99 Å². The Morgan fingerprint density at radius 1 is 1.29 bits per heavy atom. The zero-order valence-corrected chi connectivity index (χ0v) is 12.1. The lowest BCUT2D eigenvalue weighted by atomic mass is 10.2. The first-order chi connectivity index (χ1) is 7.39. The molecule has 0 saturated carbocycles. The number of nitrogens with two attached hydrogens (primary N) is 1. The molecule has 0 aliphatic heterocycles. The highest BCUT2D eigenvalue weighted by Crippen LogP contribution is 2.17. The Kier molecular flexibility index (Phi) is 6.95. The minimum Gasteiger partial charge on any atom is -1.00 e. The molecule has 3 N–H and O–H groups in total. The summed E-state index contributed by atoms with van der Waals surface area (Å²) in [6.07, 6.45) is 1.73. The Morgan fingerprint density at radius 2 is 1.82 bits per heavy atom. The molecule has 2 nitrogen and oxygen atoms in total. The lowest BCUT2D eigenvalue weighted by Gasteiger charge is -2.06. The van der Waals surface area contributed by atoms with Gasteiger partial charge in [-0.2, -0.15) is 0 Å². The van der Waals surface area contributed by atoms with Crippen molar-refractivity contribution in [3.05, 3.63) is 41.1 Å². The molecule has 0 amide bonds. The smallest absolute Gasteiger partial charge is 0.282 e. The summed E-state index contributed by atoms with van der Waals surface area (Å²) in [5, 5.41) is 0.358. The second-order valence-corrected chi connectivity index (χ2v) is 5.44. The minimum absolute atomic E-state index is 0. The molecule has 0 unspecified atom stereocenters. The van der Waals surface area contributed by atoms with Crippen molar-refractivity contribution in [3.63, 3.8) is 0 Å². The van der Waals surface area contributed by atoms with Crippen LogP contribution < -0.4 is 23.1 Å². The highest BCUT2D eigenvalue weighted by Gasteiger charge is 2.27. The summed E-state index contributed by atoms with van der Waals surface area (Å²) in [6, 6.07) is 9.59. The lowest BCUT2D eigenvalue weighted by molar-refractivity contribution is -0.384. The molecule has 94 valence electrons. The standard InChI is InChI=1S/C11H11Cl3N2.ClH/c1-11(13,14)10(15)16-9(12)7-8-5-3-2-4-6-8;/h2-7H,1H3,(H2,15,16);1H/b9-7-;. The molecule has 0 bridgehead atoms. The van der Waals surface area contributed by atoms with Gasteiger partial charge in [0.1, 0.15) is 0 Å². The molecule has 0 fully saturated rings. The first kappa shape index (κ1) is 16.6. The largest absolute Gasteiger partial charge is 1.00 e. The van der Waals surface area contributed by atoms with Crippen LogP contribution in [-0.4, -0.2) is 10.2 Å². The van der Waals surface area contributed by atoms with Crippen molar-refractivity contribution in [2.75, 3.05) is 0 Å². The molecular formula is C11H12Cl4N2. The average Bonchev–Trinajstić information content (AvgIpc) is 2.17. The van der Waals surface area contributed by atoms with Gasteiger partial charge in [0.05, 0.1) is 0 Å². The lowest BCUT2D eigenvalue weighted by Crippen LogP contribution is -3.00. The van der Waals surface area contributed by atoms with Gasteiger partial charge in [-0.1, -0.05) is 53.5 Å². The molecule has 0 radical (unpaired) electrons. The third-order valence-corrected chi connectivity index (χ3v) is 2.43. The Hall–Kier alpha value is -0.410. The average molecular weight is 314 g/mol. The Bertz CT molecular complexity index is 407. The molecule has 0 heterocycles. The van der Waals surface area contributed by atoms with Gasteiger partial charge in [0, 0.05) is 6.08 Å². The summed E-state index contributed by atoms with van der Waals surface area (Å²) in [5.41, 5.74) is 6.58. The van der Waals surface area contributed by atoms with E-state index >= 15 is 0 Å². The number of halogens is 4. The van der Waals surface area contributed by atoms with E-state index in [9.17, 15) is 0 Å². The monoisotopic (exact) mass is 312 g/mol. The van der Waals surface area contributed by atoms with Gasteiger partial charge < -0.3 is 12.4 Å². The predicted octanol–water partition coefficient (Wildman–Crippen LogP) is -1.14. The zero-order valence-electron chi connectivity index (χ0n) is 9.05. The van der Waals surface area contributed by atoms with Crippen LogP contribution in [-0.2, 0) is 0 Å². The van der Waals surface area contributed by atoms with Crippen LogP contribution in [0.2, 0.25) is 0 Å². The van der Waals surface area contributed by atoms with Crippen LogP contribution in [0.5, 0.6) is 0 Å². The van der Waals surface area contributed by atoms with Gasteiger partial charge in [0.15, 0.2) is 5.16 Å². The zero-order chi connectivity index (χ0) is 12.2. The fourth-order valence-corrected chi connectivity index (χ4v) is 1.29. The van der Waals surface area contributed by atoms with E-state index in [2.05, 4.69) is 4.99 Å². The van der Waals surface area contributed by atoms with Crippen LogP contribution in [0, 0.1) is 0 Å². The predicted molar refractivity (Wildman–Crippen MR) is 70.5 cm³/mol. The molecule has 0 saturated heterocycles. The maximum Gasteiger partial charge on any atom is 0.282 e. The molecule has 0 aliphatic carbocycles. The van der Waals surface area contributed by atoms with Crippen LogP contribution in [0.1, 0.15) is 12.5 Å². The second kappa shape index (κ2) is 7.12. The number of alkyl halides is 2. The van der Waals surface area contributed by atoms with Crippen LogP contribution >= 0.6 is 34.8 Å². The van der Waals surface area contributed by atoms with Gasteiger partial charge >= 0.3 is 0 Å². The van der Waals surface area contributed by atoms with E-state index < -0.39 is 4.33 Å². The maximum absolute atomic E-state index is 5.95. The van der Waals surface area contributed by atoms with Crippen LogP contribution in [0.25, 0.3) is 6.08 Å². The quantitative estimate of drug-likeness (QED) is 0.315. The molecule has 17 heavy (non-hydrogen) atoms. The van der Waals surface area contributed by atoms with Gasteiger partial charge in [-0.3, -0.25) is 5.73 Å². The normalized spacial score (nSPS) is 13.2. The summed E-state index contributed by atoms with van der Waals surface area (Å²) in [4.78, 5) is 2.73. The van der Waals surface area contributed by atoms with Crippen molar-refractivity contribution in [1.29, 1.82) is 0 Å². The fourth-order valence-electron chi connectivity index (χ4n) is 0.970. The van der Waals surface area contributed by atoms with Crippen LogP contribution in [0.4, 0.5) is 0 Å². The Balaban J connectivity index is 0.00000256. The van der Waals surface area contributed by atoms with E-state index in [0.717, 1.165) is 5.56 Å². The molecule has 1 aromatic carbocycles. The van der Waals surface area contributed by atoms with Crippen molar-refractivity contribution in [2.45, 2.75) is 11.3 Å². The van der Waals surface area contributed by atoms with E-state index in [0.29, 0.717) is 5.16 Å². The third-order valence-electron chi connectivity index (χ3n) is 1.82. The number of rotatable bonds is 3. The molecule has 6 heteroatoms. The Morgan fingerprint density at radius 3 is 2.29 bits per heavy atom. The van der Waals surface area contributed by atoms with E-state index in [-0.39, 0.29) is 18.2 Å². The van der Waals surface area contributed by atoms with Crippen LogP contribution in [0.3, 0.4) is 0 Å². The number of benzene rings is 1. The first-order valence-electron chi connectivity index (χ1n) is 4.59. The summed E-state index contributed by atoms with van der Waals surface area (Å²) >= 11 is 17.5. The summed E-state index contributed by atoms with van der Waals surface area (Å²) in [6.45, 7) is 1.56. The second-order valence-electron chi connectivity index (χ2n) is 3.33. The highest BCUT2D eigenvalue weighted by molar-refractivity contribution is 6.57. The highest BCUT2D eigenvalue weighted by atomic mass is 35.5. The van der Waals surface area contributed by atoms with Crippen molar-refractivity contribution in [2.24, 2.45) is 5.73 Å². The molecule has 0 aliphatic rings. The number of hydrogen-bond acceptors (Lipinski definition) is 0. The van der Waals surface area contributed by atoms with Crippen molar-refractivity contribution >= 4 is 46.7 Å². The van der Waals surface area contributed by atoms with E-state index in [1.54, 1.807) is 13.0 Å². The van der Waals surface area contributed by atoms with Gasteiger partial charge in [0.25, 0.3) is 5.84 Å². The number of amidine groups is 1. The topological polar surface area (TPSA) is 40.0 Å². The van der Waals surface area contributed by atoms with Crippen molar-refractivity contribution in [3.8, 4) is 0 Å². The van der Waals surface area contributed by atoms with Crippen molar-refractivity contribution < 1.29 is 17.4 Å². The summed E-state index contributed by atoms with van der Waals surface area (Å²) in [7, 11) is 0. The van der Waals surface area contributed by atoms with Gasteiger partial charge in [0.2, 0.25) is 4.33 Å². The molecule has 0 atom stereocenters. The van der Waals surface area contributed by atoms with Gasteiger partial charge in [-0.05, 0) is 24.1 Å². The third kappa shape index (κ3) is 6.18. The Labute approximate surface area is 122 Å². The van der Waals surface area contributed by atoms with E-state index in [1.165, 1.54) is 0 Å². The molecule has 1 aromatic rings. The van der Waals surface area contributed by atoms with Gasteiger partial charge in [-0.15, -0.1) is 0 Å². The SMILES string of the molecule is CC(Cl)(Cl)/C(N)=[NH+]\C(Cl)=C/c1ccccc1.[Cl-]. The maximum atomic E-state index is 5.95. The summed E-state index contributed by atoms with van der Waals surface area (Å²) in [5.74, 6) is 0.188. The number of nitrogens with one attached hydrogen (secondary N) is 1. The molecule has 0 spiro atoms. The van der Waals surface area contributed by atoms with E-state index in [1.807, 2.05) is 30.3 Å². The number of hydrogen-bond donors (Lipinski definition) is 2. The molecule has 0 aromatic heterocycles. The first-order valence-corrected chi connectivity index (χ1v) is 5.73. The fraction of sp³-hybridized carbons (Fsp3) is 0.182. The molecule has 1 rings (SSSR count). The summed E-state index contributed by atoms with van der Waals surface area (Å²) < 4.78 is -1.16.